The van der Waals surface area contributed by atoms with Crippen molar-refractivity contribution in [2.24, 2.45) is 0 Å². The molecule has 3 aromatic carbocycles. The molecule has 0 aliphatic carbocycles. The number of hydrogen-bond donors (Lipinski definition) is 2. The molecule has 3 aromatic rings. The Labute approximate surface area is 171 Å². The summed E-state index contributed by atoms with van der Waals surface area (Å²) in [4.78, 5) is 10.8. The minimum Gasteiger partial charge on any atom is -0.332 e. The largest absolute Gasteiger partial charge is 0.332 e. The Bertz CT molecular complexity index is 1010. The number of hydrogen-bond acceptors (Lipinski definition) is 3. The van der Waals surface area contributed by atoms with Crippen LogP contribution in [0.2, 0.25) is 10.0 Å². The van der Waals surface area contributed by atoms with Gasteiger partial charge in [0.2, 0.25) is 0 Å². The summed E-state index contributed by atoms with van der Waals surface area (Å²) in [6.45, 7) is 0. The van der Waals surface area contributed by atoms with Gasteiger partial charge in [0.25, 0.3) is 5.69 Å². The lowest BCUT2D eigenvalue weighted by molar-refractivity contribution is -0.384. The smallest absolute Gasteiger partial charge is 0.277 e. The average Bonchev–Trinajstić information content (AvgIpc) is 2.65. The zero-order valence-electron chi connectivity index (χ0n) is 13.8. The van der Waals surface area contributed by atoms with E-state index in [2.05, 4.69) is 10.6 Å². The van der Waals surface area contributed by atoms with Crippen LogP contribution in [-0.4, -0.2) is 10.0 Å². The molecule has 0 heterocycles. The van der Waals surface area contributed by atoms with Crippen molar-refractivity contribution >= 4 is 57.6 Å². The molecule has 0 saturated heterocycles. The number of anilines is 2. The highest BCUT2D eigenvalue weighted by Gasteiger charge is 2.14. The summed E-state index contributed by atoms with van der Waals surface area (Å²) in [6.07, 6.45) is 0. The molecule has 3 rings (SSSR count). The third-order valence-electron chi connectivity index (χ3n) is 3.73. The van der Waals surface area contributed by atoms with Crippen molar-refractivity contribution in [3.05, 3.63) is 86.9 Å². The molecule has 0 fully saturated rings. The standard InChI is InChI=1S/C19H13Cl2N3O2S/c20-13-7-10-16(21)17(11-13)23-19(27)22-14-8-5-12(6-9-14)15-3-1-2-4-18(15)24(25)26/h1-11H,(H2,22,23,27). The Kier molecular flexibility index (Phi) is 5.91. The van der Waals surface area contributed by atoms with Crippen LogP contribution in [0.1, 0.15) is 0 Å². The number of nitrogens with zero attached hydrogens (tertiary/aromatic N) is 1. The van der Waals surface area contributed by atoms with E-state index in [9.17, 15) is 10.1 Å². The van der Waals surface area contributed by atoms with Crippen molar-refractivity contribution in [1.29, 1.82) is 0 Å². The maximum Gasteiger partial charge on any atom is 0.277 e. The van der Waals surface area contributed by atoms with Gasteiger partial charge in [-0.25, -0.2) is 0 Å². The van der Waals surface area contributed by atoms with E-state index in [0.717, 1.165) is 11.3 Å². The van der Waals surface area contributed by atoms with Gasteiger partial charge < -0.3 is 10.6 Å². The van der Waals surface area contributed by atoms with Crippen LogP contribution in [0.3, 0.4) is 0 Å². The van der Waals surface area contributed by atoms with Crippen LogP contribution in [0, 0.1) is 10.1 Å². The van der Waals surface area contributed by atoms with Gasteiger partial charge in [-0.3, -0.25) is 10.1 Å². The molecule has 0 spiro atoms. The molecule has 0 saturated carbocycles. The normalized spacial score (nSPS) is 10.3. The fourth-order valence-corrected chi connectivity index (χ4v) is 3.05. The molecule has 0 aliphatic heterocycles. The van der Waals surface area contributed by atoms with E-state index in [-0.39, 0.29) is 5.69 Å². The maximum absolute atomic E-state index is 11.2. The molecule has 5 nitrogen and oxygen atoms in total. The Hall–Kier alpha value is -2.67. The zero-order chi connectivity index (χ0) is 19.4. The number of nitro groups is 1. The van der Waals surface area contributed by atoms with Crippen molar-refractivity contribution in [2.45, 2.75) is 0 Å². The van der Waals surface area contributed by atoms with Crippen LogP contribution in [0.4, 0.5) is 17.1 Å². The van der Waals surface area contributed by atoms with E-state index in [1.807, 2.05) is 0 Å². The average molecular weight is 418 g/mol. The first kappa shape index (κ1) is 19.1. The quantitative estimate of drug-likeness (QED) is 0.293. The Balaban J connectivity index is 1.74. The summed E-state index contributed by atoms with van der Waals surface area (Å²) in [5.41, 5.74) is 2.68. The van der Waals surface area contributed by atoms with E-state index in [4.69, 9.17) is 35.4 Å². The maximum atomic E-state index is 11.2. The second kappa shape index (κ2) is 8.35. The lowest BCUT2D eigenvalue weighted by Crippen LogP contribution is -2.19. The summed E-state index contributed by atoms with van der Waals surface area (Å²) in [5, 5.41) is 18.6. The Morgan fingerprint density at radius 1 is 0.963 bits per heavy atom. The van der Waals surface area contributed by atoms with E-state index in [0.29, 0.717) is 26.4 Å². The van der Waals surface area contributed by atoms with Crippen LogP contribution in [0.5, 0.6) is 0 Å². The van der Waals surface area contributed by atoms with Crippen molar-refractivity contribution in [2.75, 3.05) is 10.6 Å². The van der Waals surface area contributed by atoms with Crippen LogP contribution >= 0.6 is 35.4 Å². The van der Waals surface area contributed by atoms with Gasteiger partial charge in [0.1, 0.15) is 0 Å². The number of thiocarbonyl (C=S) groups is 1. The summed E-state index contributed by atoms with van der Waals surface area (Å²) in [5.74, 6) is 0. The molecule has 0 aromatic heterocycles. The van der Waals surface area contributed by atoms with Crippen molar-refractivity contribution in [1.82, 2.24) is 0 Å². The van der Waals surface area contributed by atoms with Crippen molar-refractivity contribution in [3.8, 4) is 11.1 Å². The SMILES string of the molecule is O=[N+]([O-])c1ccccc1-c1ccc(NC(=S)Nc2cc(Cl)ccc2Cl)cc1. The van der Waals surface area contributed by atoms with Crippen molar-refractivity contribution < 1.29 is 4.92 Å². The van der Waals surface area contributed by atoms with Gasteiger partial charge in [0, 0.05) is 16.8 Å². The topological polar surface area (TPSA) is 67.2 Å². The Morgan fingerprint density at radius 2 is 1.67 bits per heavy atom. The van der Waals surface area contributed by atoms with Gasteiger partial charge in [-0.2, -0.15) is 0 Å². The molecule has 8 heteroatoms. The highest BCUT2D eigenvalue weighted by molar-refractivity contribution is 7.80. The number of nitrogens with one attached hydrogen (secondary N) is 2. The van der Waals surface area contributed by atoms with Crippen LogP contribution in [0.25, 0.3) is 11.1 Å². The zero-order valence-corrected chi connectivity index (χ0v) is 16.1. The van der Waals surface area contributed by atoms with Gasteiger partial charge in [-0.15, -0.1) is 0 Å². The lowest BCUT2D eigenvalue weighted by atomic mass is 10.0. The van der Waals surface area contributed by atoms with E-state index < -0.39 is 4.92 Å². The van der Waals surface area contributed by atoms with E-state index >= 15 is 0 Å². The molecular formula is C19H13Cl2N3O2S. The Morgan fingerprint density at radius 3 is 2.37 bits per heavy atom. The first-order valence-corrected chi connectivity index (χ1v) is 8.97. The second-order valence-electron chi connectivity index (χ2n) is 5.55. The van der Waals surface area contributed by atoms with Gasteiger partial charge in [0.05, 0.1) is 21.2 Å². The van der Waals surface area contributed by atoms with E-state index in [1.165, 1.54) is 6.07 Å². The monoisotopic (exact) mass is 417 g/mol. The first-order chi connectivity index (χ1) is 12.9. The highest BCUT2D eigenvalue weighted by atomic mass is 35.5. The number of halogens is 2. The van der Waals surface area contributed by atoms with Crippen LogP contribution in [0.15, 0.2) is 66.7 Å². The van der Waals surface area contributed by atoms with Crippen molar-refractivity contribution in [3.63, 3.8) is 0 Å². The lowest BCUT2D eigenvalue weighted by Gasteiger charge is -2.12. The van der Waals surface area contributed by atoms with Crippen LogP contribution in [-0.2, 0) is 0 Å². The summed E-state index contributed by atoms with van der Waals surface area (Å²) in [6, 6.07) is 18.8. The predicted octanol–water partition coefficient (Wildman–Crippen LogP) is 6.38. The minimum atomic E-state index is -0.394. The fourth-order valence-electron chi connectivity index (χ4n) is 2.49. The van der Waals surface area contributed by atoms with Gasteiger partial charge in [0.15, 0.2) is 5.11 Å². The number of nitro benzene ring substituents is 1. The predicted molar refractivity (Wildman–Crippen MR) is 115 cm³/mol. The molecule has 0 amide bonds. The third-order valence-corrected chi connectivity index (χ3v) is 4.50. The van der Waals surface area contributed by atoms with Gasteiger partial charge in [-0.05, 0) is 54.2 Å². The number of benzene rings is 3. The third kappa shape index (κ3) is 4.74. The van der Waals surface area contributed by atoms with E-state index in [1.54, 1.807) is 60.7 Å². The molecule has 136 valence electrons. The molecular weight excluding hydrogens is 405 g/mol. The summed E-state index contributed by atoms with van der Waals surface area (Å²) >= 11 is 17.4. The molecule has 0 aliphatic rings. The molecule has 0 radical (unpaired) electrons. The number of rotatable bonds is 4. The highest BCUT2D eigenvalue weighted by Crippen LogP contribution is 2.30. The second-order valence-corrected chi connectivity index (χ2v) is 6.81. The fraction of sp³-hybridized carbons (Fsp3) is 0. The molecule has 0 atom stereocenters. The molecule has 2 N–H and O–H groups in total. The molecule has 0 unspecified atom stereocenters. The van der Waals surface area contributed by atoms with Gasteiger partial charge >= 0.3 is 0 Å². The first-order valence-electron chi connectivity index (χ1n) is 7.81. The minimum absolute atomic E-state index is 0.0611. The summed E-state index contributed by atoms with van der Waals surface area (Å²) in [7, 11) is 0. The van der Waals surface area contributed by atoms with Gasteiger partial charge in [-0.1, -0.05) is 47.5 Å². The van der Waals surface area contributed by atoms with Crippen LogP contribution < -0.4 is 10.6 Å². The summed E-state index contributed by atoms with van der Waals surface area (Å²) < 4.78 is 0. The number of para-hydroxylation sites is 1. The molecule has 27 heavy (non-hydrogen) atoms. The molecule has 0 bridgehead atoms.